The lowest BCUT2D eigenvalue weighted by Gasteiger charge is -1.98. The molecule has 2 rings (SSSR count). The fraction of sp³-hybridized carbons (Fsp3) is 0.125. The summed E-state index contributed by atoms with van der Waals surface area (Å²) >= 11 is 3.71. The van der Waals surface area contributed by atoms with Crippen LogP contribution < -0.4 is 4.18 Å². The van der Waals surface area contributed by atoms with Gasteiger partial charge in [-0.05, 0) is 18.6 Å². The number of hydrogen-bond donors (Lipinski definition) is 1. The van der Waals surface area contributed by atoms with Crippen LogP contribution >= 0.6 is 12.9 Å². The fourth-order valence-electron chi connectivity index (χ4n) is 1.13. The SMILES string of the molecule is Cc1ccc(OS)c2ncoc12. The lowest BCUT2D eigenvalue weighted by molar-refractivity contribution is 0.599. The first-order valence-corrected chi connectivity index (χ1v) is 3.83. The summed E-state index contributed by atoms with van der Waals surface area (Å²) in [5.41, 5.74) is 2.50. The van der Waals surface area contributed by atoms with Gasteiger partial charge in [-0.25, -0.2) is 4.98 Å². The molecule has 1 heterocycles. The number of benzene rings is 1. The summed E-state index contributed by atoms with van der Waals surface area (Å²) in [5.74, 6) is 0.618. The normalized spacial score (nSPS) is 10.5. The minimum absolute atomic E-state index is 0.618. The zero-order chi connectivity index (χ0) is 8.55. The number of fused-ring (bicyclic) bond motifs is 1. The molecule has 0 atom stereocenters. The Morgan fingerprint density at radius 2 is 2.33 bits per heavy atom. The second-order valence-electron chi connectivity index (χ2n) is 2.50. The van der Waals surface area contributed by atoms with Gasteiger partial charge in [-0.3, -0.25) is 0 Å². The first-order valence-electron chi connectivity index (χ1n) is 3.47. The van der Waals surface area contributed by atoms with Gasteiger partial charge in [0, 0.05) is 12.9 Å². The van der Waals surface area contributed by atoms with Crippen LogP contribution in [-0.2, 0) is 0 Å². The third kappa shape index (κ3) is 0.956. The minimum Gasteiger partial charge on any atom is -0.443 e. The van der Waals surface area contributed by atoms with Crippen LogP contribution in [0.1, 0.15) is 5.56 Å². The predicted molar refractivity (Wildman–Crippen MR) is 48.4 cm³/mol. The van der Waals surface area contributed by atoms with Crippen molar-refractivity contribution in [1.82, 2.24) is 4.98 Å². The number of aryl methyl sites for hydroxylation is 1. The molecule has 1 aromatic carbocycles. The molecule has 0 bridgehead atoms. The van der Waals surface area contributed by atoms with Gasteiger partial charge in [0.2, 0.25) is 0 Å². The van der Waals surface area contributed by atoms with E-state index in [2.05, 4.69) is 17.9 Å². The van der Waals surface area contributed by atoms with Gasteiger partial charge in [-0.1, -0.05) is 6.07 Å². The summed E-state index contributed by atoms with van der Waals surface area (Å²) in [6.45, 7) is 1.95. The van der Waals surface area contributed by atoms with E-state index >= 15 is 0 Å². The highest BCUT2D eigenvalue weighted by Gasteiger charge is 2.07. The summed E-state index contributed by atoms with van der Waals surface area (Å²) in [6, 6.07) is 3.71. The van der Waals surface area contributed by atoms with E-state index in [0.29, 0.717) is 11.3 Å². The maximum Gasteiger partial charge on any atom is 0.182 e. The van der Waals surface area contributed by atoms with Crippen LogP contribution in [0.25, 0.3) is 11.1 Å². The zero-order valence-corrected chi connectivity index (χ0v) is 7.34. The summed E-state index contributed by atoms with van der Waals surface area (Å²) in [4.78, 5) is 4.01. The second kappa shape index (κ2) is 2.71. The monoisotopic (exact) mass is 181 g/mol. The Hall–Kier alpha value is -1.16. The topological polar surface area (TPSA) is 35.3 Å². The van der Waals surface area contributed by atoms with E-state index in [9.17, 15) is 0 Å². The standard InChI is InChI=1S/C8H7NO2S/c1-5-2-3-6(11-12)7-8(5)10-4-9-7/h2-4,12H,1H3. The Morgan fingerprint density at radius 1 is 1.50 bits per heavy atom. The van der Waals surface area contributed by atoms with Crippen molar-refractivity contribution < 1.29 is 8.60 Å². The van der Waals surface area contributed by atoms with Crippen molar-refractivity contribution in [3.8, 4) is 5.75 Å². The van der Waals surface area contributed by atoms with E-state index in [0.717, 1.165) is 11.1 Å². The smallest absolute Gasteiger partial charge is 0.182 e. The summed E-state index contributed by atoms with van der Waals surface area (Å²) in [7, 11) is 0. The van der Waals surface area contributed by atoms with E-state index in [1.807, 2.05) is 19.1 Å². The molecule has 62 valence electrons. The molecule has 0 saturated carbocycles. The van der Waals surface area contributed by atoms with E-state index in [-0.39, 0.29) is 0 Å². The van der Waals surface area contributed by atoms with Crippen LogP contribution in [0.15, 0.2) is 22.9 Å². The van der Waals surface area contributed by atoms with Crippen molar-refractivity contribution in [3.05, 3.63) is 24.1 Å². The van der Waals surface area contributed by atoms with Gasteiger partial charge in [0.05, 0.1) is 0 Å². The molecular formula is C8H7NO2S. The molecule has 0 aliphatic rings. The predicted octanol–water partition coefficient (Wildman–Crippen LogP) is 2.36. The van der Waals surface area contributed by atoms with E-state index in [1.165, 1.54) is 6.39 Å². The number of rotatable bonds is 1. The fourth-order valence-corrected chi connectivity index (χ4v) is 1.28. The Morgan fingerprint density at radius 3 is 3.08 bits per heavy atom. The van der Waals surface area contributed by atoms with E-state index in [1.54, 1.807) is 0 Å². The molecule has 12 heavy (non-hydrogen) atoms. The van der Waals surface area contributed by atoms with Gasteiger partial charge in [-0.15, -0.1) is 0 Å². The Bertz CT molecular complexity index is 410. The van der Waals surface area contributed by atoms with Gasteiger partial charge < -0.3 is 8.60 Å². The average Bonchev–Trinajstić information content (AvgIpc) is 2.54. The van der Waals surface area contributed by atoms with Crippen molar-refractivity contribution >= 4 is 24.0 Å². The zero-order valence-electron chi connectivity index (χ0n) is 6.44. The average molecular weight is 181 g/mol. The molecule has 2 aromatic rings. The molecule has 0 amide bonds. The van der Waals surface area contributed by atoms with Crippen LogP contribution in [0.3, 0.4) is 0 Å². The lowest BCUT2D eigenvalue weighted by atomic mass is 10.2. The molecule has 4 heteroatoms. The highest BCUT2D eigenvalue weighted by Crippen LogP contribution is 2.27. The molecular weight excluding hydrogens is 174 g/mol. The van der Waals surface area contributed by atoms with Gasteiger partial charge >= 0.3 is 0 Å². The van der Waals surface area contributed by atoms with Crippen LogP contribution in [-0.4, -0.2) is 4.98 Å². The molecule has 0 radical (unpaired) electrons. The number of nitrogens with zero attached hydrogens (tertiary/aromatic N) is 1. The van der Waals surface area contributed by atoms with Crippen LogP contribution in [0.5, 0.6) is 5.75 Å². The van der Waals surface area contributed by atoms with Crippen molar-refractivity contribution in [2.75, 3.05) is 0 Å². The van der Waals surface area contributed by atoms with E-state index in [4.69, 9.17) is 8.60 Å². The Balaban J connectivity index is 2.82. The van der Waals surface area contributed by atoms with Gasteiger partial charge in [0.25, 0.3) is 0 Å². The maximum atomic E-state index is 5.17. The molecule has 0 spiro atoms. The first kappa shape index (κ1) is 7.49. The minimum atomic E-state index is 0.618. The number of aromatic nitrogens is 1. The highest BCUT2D eigenvalue weighted by atomic mass is 32.1. The summed E-state index contributed by atoms with van der Waals surface area (Å²) in [5, 5.41) is 0. The molecule has 0 saturated heterocycles. The van der Waals surface area contributed by atoms with Gasteiger partial charge in [0.15, 0.2) is 23.2 Å². The lowest BCUT2D eigenvalue weighted by Crippen LogP contribution is -1.80. The van der Waals surface area contributed by atoms with Crippen LogP contribution in [0.4, 0.5) is 0 Å². The summed E-state index contributed by atoms with van der Waals surface area (Å²) < 4.78 is 9.98. The van der Waals surface area contributed by atoms with Gasteiger partial charge in [-0.2, -0.15) is 0 Å². The van der Waals surface area contributed by atoms with Crippen molar-refractivity contribution in [1.29, 1.82) is 0 Å². The third-order valence-corrected chi connectivity index (χ3v) is 1.94. The van der Waals surface area contributed by atoms with Gasteiger partial charge in [0.1, 0.15) is 0 Å². The van der Waals surface area contributed by atoms with Crippen LogP contribution in [0.2, 0.25) is 0 Å². The highest BCUT2D eigenvalue weighted by molar-refractivity contribution is 7.75. The molecule has 1 aromatic heterocycles. The number of hydrogen-bond acceptors (Lipinski definition) is 4. The Kier molecular flexibility index (Phi) is 1.69. The second-order valence-corrected chi connectivity index (χ2v) is 2.68. The Labute approximate surface area is 75.0 Å². The molecule has 3 nitrogen and oxygen atoms in total. The summed E-state index contributed by atoms with van der Waals surface area (Å²) in [6.07, 6.45) is 1.40. The molecule has 0 aliphatic heterocycles. The number of oxazole rings is 1. The van der Waals surface area contributed by atoms with E-state index < -0.39 is 0 Å². The molecule has 0 aliphatic carbocycles. The van der Waals surface area contributed by atoms with Crippen molar-refractivity contribution in [3.63, 3.8) is 0 Å². The quantitative estimate of drug-likeness (QED) is 0.541. The largest absolute Gasteiger partial charge is 0.443 e. The van der Waals surface area contributed by atoms with Crippen molar-refractivity contribution in [2.24, 2.45) is 0 Å². The van der Waals surface area contributed by atoms with Crippen molar-refractivity contribution in [2.45, 2.75) is 6.92 Å². The first-order chi connectivity index (χ1) is 5.83. The third-order valence-electron chi connectivity index (χ3n) is 1.74. The van der Waals surface area contributed by atoms with Crippen LogP contribution in [0, 0.1) is 6.92 Å². The maximum absolute atomic E-state index is 5.17. The molecule has 0 N–H and O–H groups in total. The molecule has 0 fully saturated rings. The number of thiol groups is 1. The molecule has 0 unspecified atom stereocenters.